The van der Waals surface area contributed by atoms with E-state index in [1.54, 1.807) is 11.8 Å². The van der Waals surface area contributed by atoms with Gasteiger partial charge in [0.25, 0.3) is 0 Å². The number of carbonyl (C=O) groups is 1. The van der Waals surface area contributed by atoms with E-state index < -0.39 is 0 Å². The predicted octanol–water partition coefficient (Wildman–Crippen LogP) is 5.17. The van der Waals surface area contributed by atoms with Gasteiger partial charge in [-0.25, -0.2) is 9.97 Å². The Morgan fingerprint density at radius 1 is 1.13 bits per heavy atom. The van der Waals surface area contributed by atoms with E-state index in [2.05, 4.69) is 32.0 Å². The van der Waals surface area contributed by atoms with Crippen molar-refractivity contribution in [3.63, 3.8) is 0 Å². The summed E-state index contributed by atoms with van der Waals surface area (Å²) in [5, 5.41) is 6.73. The maximum absolute atomic E-state index is 12.3. The minimum atomic E-state index is -0.0502. The monoisotopic (exact) mass is 434 g/mol. The zero-order valence-electron chi connectivity index (χ0n) is 16.6. The van der Waals surface area contributed by atoms with Crippen LogP contribution in [-0.4, -0.2) is 20.4 Å². The molecule has 30 heavy (non-hydrogen) atoms. The normalized spacial score (nSPS) is 10.8. The van der Waals surface area contributed by atoms with Gasteiger partial charge in [-0.1, -0.05) is 59.8 Å². The minimum absolute atomic E-state index is 0.0502. The number of amides is 1. The highest BCUT2D eigenvalue weighted by Gasteiger charge is 2.10. The maximum atomic E-state index is 12.3. The Morgan fingerprint density at radius 2 is 1.93 bits per heavy atom. The van der Waals surface area contributed by atoms with Crippen LogP contribution in [0.1, 0.15) is 21.8 Å². The third kappa shape index (κ3) is 5.58. The van der Waals surface area contributed by atoms with Crippen molar-refractivity contribution in [1.29, 1.82) is 0 Å². The number of aryl methyl sites for hydroxylation is 1. The molecule has 5 nitrogen and oxygen atoms in total. The number of carbonyl (C=O) groups excluding carboxylic acids is 1. The van der Waals surface area contributed by atoms with Crippen LogP contribution in [-0.2, 0) is 23.5 Å². The molecule has 0 unspecified atom stereocenters. The van der Waals surface area contributed by atoms with Gasteiger partial charge in [-0.2, -0.15) is 0 Å². The quantitative estimate of drug-likeness (QED) is 0.389. The summed E-state index contributed by atoms with van der Waals surface area (Å²) in [5.74, 6) is 0.674. The van der Waals surface area contributed by atoms with E-state index in [0.717, 1.165) is 33.8 Å². The molecule has 0 radical (unpaired) electrons. The molecule has 4 aromatic rings. The molecule has 0 saturated heterocycles. The zero-order valence-corrected chi connectivity index (χ0v) is 18.2. The number of hydrogen-bond donors (Lipinski definition) is 1. The smallest absolute Gasteiger partial charge is 0.231 e. The number of thiazole rings is 1. The molecule has 0 spiro atoms. The highest BCUT2D eigenvalue weighted by molar-refractivity contribution is 7.98. The number of thioether (sulfide) groups is 1. The van der Waals surface area contributed by atoms with Gasteiger partial charge in [0.15, 0.2) is 5.16 Å². The van der Waals surface area contributed by atoms with E-state index in [-0.39, 0.29) is 12.3 Å². The Bertz CT molecular complexity index is 1100. The number of benzene rings is 2. The number of nitrogens with zero attached hydrogens (tertiary/aromatic N) is 3. The zero-order chi connectivity index (χ0) is 20.8. The number of anilines is 1. The first kappa shape index (κ1) is 20.4. The fraction of sp³-hybridized carbons (Fsp3) is 0.174. The second kappa shape index (κ2) is 9.73. The summed E-state index contributed by atoms with van der Waals surface area (Å²) < 4.78 is 2.14. The summed E-state index contributed by atoms with van der Waals surface area (Å²) in [7, 11) is 0. The standard InChI is InChI=1S/C23H22N4OS2/c1-17-7-9-19(10-8-17)25-21(28)13-22-26-20(15-29-22)16-30-23-24-11-12-27(23)14-18-5-3-2-4-6-18/h2-12,15H,13-14,16H2,1H3,(H,25,28). The van der Waals surface area contributed by atoms with E-state index in [0.29, 0.717) is 0 Å². The van der Waals surface area contributed by atoms with Gasteiger partial charge in [0.05, 0.1) is 12.1 Å². The van der Waals surface area contributed by atoms with E-state index in [1.807, 2.05) is 67.2 Å². The lowest BCUT2D eigenvalue weighted by atomic mass is 10.2. The second-order valence-electron chi connectivity index (χ2n) is 6.94. The molecular formula is C23H22N4OS2. The predicted molar refractivity (Wildman–Crippen MR) is 123 cm³/mol. The number of hydrogen-bond acceptors (Lipinski definition) is 5. The van der Waals surface area contributed by atoms with Gasteiger partial charge in [0.1, 0.15) is 5.01 Å². The van der Waals surface area contributed by atoms with Crippen molar-refractivity contribution >= 4 is 34.7 Å². The van der Waals surface area contributed by atoms with Crippen LogP contribution in [0.4, 0.5) is 5.69 Å². The third-order valence-corrected chi connectivity index (χ3v) is 6.40. The molecular weight excluding hydrogens is 412 g/mol. The van der Waals surface area contributed by atoms with Crippen LogP contribution in [0.15, 0.2) is 77.5 Å². The van der Waals surface area contributed by atoms with Crippen molar-refractivity contribution in [2.24, 2.45) is 0 Å². The maximum Gasteiger partial charge on any atom is 0.231 e. The second-order valence-corrected chi connectivity index (χ2v) is 8.82. The lowest BCUT2D eigenvalue weighted by Gasteiger charge is -2.07. The van der Waals surface area contributed by atoms with Crippen LogP contribution in [0.5, 0.6) is 0 Å². The van der Waals surface area contributed by atoms with Crippen molar-refractivity contribution in [1.82, 2.24) is 14.5 Å². The summed E-state index contributed by atoms with van der Waals surface area (Å²) in [4.78, 5) is 21.4. The summed E-state index contributed by atoms with van der Waals surface area (Å²) in [6.45, 7) is 2.82. The molecule has 0 aliphatic heterocycles. The lowest BCUT2D eigenvalue weighted by Crippen LogP contribution is -2.14. The molecule has 2 heterocycles. The Labute approximate surface area is 184 Å². The molecule has 0 fully saturated rings. The average Bonchev–Trinajstić information content (AvgIpc) is 3.38. The van der Waals surface area contributed by atoms with Crippen LogP contribution in [0.3, 0.4) is 0 Å². The van der Waals surface area contributed by atoms with Crippen LogP contribution < -0.4 is 5.32 Å². The van der Waals surface area contributed by atoms with Gasteiger partial charge in [-0.3, -0.25) is 4.79 Å². The van der Waals surface area contributed by atoms with Gasteiger partial charge in [0.2, 0.25) is 5.91 Å². The molecule has 1 amide bonds. The highest BCUT2D eigenvalue weighted by Crippen LogP contribution is 2.23. The number of imidazole rings is 1. The van der Waals surface area contributed by atoms with Crippen LogP contribution in [0.2, 0.25) is 0 Å². The molecule has 4 rings (SSSR count). The first-order valence-electron chi connectivity index (χ1n) is 9.63. The molecule has 0 atom stereocenters. The largest absolute Gasteiger partial charge is 0.326 e. The number of aromatic nitrogens is 3. The van der Waals surface area contributed by atoms with Gasteiger partial charge in [-0.15, -0.1) is 11.3 Å². The van der Waals surface area contributed by atoms with Crippen molar-refractivity contribution in [3.05, 3.63) is 94.2 Å². The summed E-state index contributed by atoms with van der Waals surface area (Å²) in [6.07, 6.45) is 4.11. The average molecular weight is 435 g/mol. The van der Waals surface area contributed by atoms with Crippen molar-refractivity contribution < 1.29 is 4.79 Å². The molecule has 152 valence electrons. The third-order valence-electron chi connectivity index (χ3n) is 4.47. The fourth-order valence-corrected chi connectivity index (χ4v) is 4.70. The van der Waals surface area contributed by atoms with E-state index in [4.69, 9.17) is 0 Å². The molecule has 0 bridgehead atoms. The number of rotatable bonds is 8. The molecule has 2 aromatic carbocycles. The summed E-state index contributed by atoms with van der Waals surface area (Å²) in [6, 6.07) is 18.1. The van der Waals surface area contributed by atoms with Gasteiger partial charge in [-0.05, 0) is 24.6 Å². The molecule has 0 saturated carbocycles. The van der Waals surface area contributed by atoms with Gasteiger partial charge in [0, 0.05) is 35.8 Å². The van der Waals surface area contributed by atoms with Gasteiger partial charge >= 0.3 is 0 Å². The Morgan fingerprint density at radius 3 is 2.73 bits per heavy atom. The Kier molecular flexibility index (Phi) is 6.61. The van der Waals surface area contributed by atoms with Crippen molar-refractivity contribution in [3.8, 4) is 0 Å². The Balaban J connectivity index is 1.30. The SMILES string of the molecule is Cc1ccc(NC(=O)Cc2nc(CSc3nccn3Cc3ccccc3)cs2)cc1. The van der Waals surface area contributed by atoms with E-state index >= 15 is 0 Å². The van der Waals surface area contributed by atoms with Crippen LogP contribution in [0.25, 0.3) is 0 Å². The molecule has 0 aliphatic rings. The first-order chi connectivity index (χ1) is 14.7. The highest BCUT2D eigenvalue weighted by atomic mass is 32.2. The molecule has 2 aromatic heterocycles. The van der Waals surface area contributed by atoms with Crippen molar-refractivity contribution in [2.45, 2.75) is 30.8 Å². The minimum Gasteiger partial charge on any atom is -0.326 e. The number of nitrogens with one attached hydrogen (secondary N) is 1. The van der Waals surface area contributed by atoms with Crippen molar-refractivity contribution in [2.75, 3.05) is 5.32 Å². The topological polar surface area (TPSA) is 59.8 Å². The van der Waals surface area contributed by atoms with E-state index in [9.17, 15) is 4.79 Å². The van der Waals surface area contributed by atoms with Crippen LogP contribution >= 0.6 is 23.1 Å². The summed E-state index contributed by atoms with van der Waals surface area (Å²) in [5.41, 5.74) is 4.19. The van der Waals surface area contributed by atoms with Crippen LogP contribution in [0, 0.1) is 6.92 Å². The van der Waals surface area contributed by atoms with Gasteiger partial charge < -0.3 is 9.88 Å². The molecule has 1 N–H and O–H groups in total. The lowest BCUT2D eigenvalue weighted by molar-refractivity contribution is -0.115. The summed E-state index contributed by atoms with van der Waals surface area (Å²) >= 11 is 3.18. The Hall–Kier alpha value is -2.90. The van der Waals surface area contributed by atoms with E-state index in [1.165, 1.54) is 22.5 Å². The molecule has 7 heteroatoms. The molecule has 0 aliphatic carbocycles. The first-order valence-corrected chi connectivity index (χ1v) is 11.5. The fourth-order valence-electron chi connectivity index (χ4n) is 2.95.